The minimum Gasteiger partial charge on any atom is -0.358 e. The number of Topliss-reactive ketones (excluding diaryl/α,β-unsaturated/α-hetero) is 1. The van der Waals surface area contributed by atoms with Crippen LogP contribution in [0, 0.1) is 20.4 Å². The molecule has 1 radical (unpaired) electrons. The van der Waals surface area contributed by atoms with Crippen molar-refractivity contribution in [1.82, 2.24) is 0 Å². The number of aryl methyl sites for hydroxylation is 1. The van der Waals surface area contributed by atoms with E-state index in [1.165, 1.54) is 0 Å². The zero-order chi connectivity index (χ0) is 7.56. The van der Waals surface area contributed by atoms with E-state index in [1.807, 2.05) is 19.1 Å². The van der Waals surface area contributed by atoms with Gasteiger partial charge in [0.25, 0.3) is 0 Å². The number of hydrogen-bond donors (Lipinski definition) is 0. The maximum absolute atomic E-state index is 10.8. The Kier molecular flexibility index (Phi) is 7.87. The molecule has 63 valence electrons. The molecule has 0 atom stereocenters. The maximum atomic E-state index is 10.8. The van der Waals surface area contributed by atoms with Gasteiger partial charge >= 0.3 is 0 Å². The predicted octanol–water partition coefficient (Wildman–Crippen LogP) is 2.45. The maximum Gasteiger partial charge on any atom is 0.0758 e. The number of ketones is 1. The Bertz CT molecular complexity index is 256. The van der Waals surface area contributed by atoms with Crippen molar-refractivity contribution in [2.75, 3.05) is 0 Å². The van der Waals surface area contributed by atoms with E-state index < -0.39 is 0 Å². The second kappa shape index (κ2) is 6.50. The Labute approximate surface area is 99.4 Å². The largest absolute Gasteiger partial charge is 0.358 e. The van der Waals surface area contributed by atoms with Crippen LogP contribution in [-0.4, -0.2) is 5.78 Å². The van der Waals surface area contributed by atoms with Crippen LogP contribution in [0.25, 0.3) is 0 Å². The average molecular weight is 237 g/mol. The van der Waals surface area contributed by atoms with Crippen LogP contribution in [0.1, 0.15) is 22.8 Å². The fourth-order valence-electron chi connectivity index (χ4n) is 0.900. The molecule has 0 fully saturated rings. The van der Waals surface area contributed by atoms with E-state index in [1.54, 1.807) is 13.0 Å². The first kappa shape index (κ1) is 14.5. The van der Waals surface area contributed by atoms with E-state index in [-0.39, 0.29) is 45.9 Å². The van der Waals surface area contributed by atoms with Gasteiger partial charge in [0, 0.05) is 32.7 Å². The summed E-state index contributed by atoms with van der Waals surface area (Å²) in [6.07, 6.45) is 0. The third-order valence-corrected chi connectivity index (χ3v) is 1.42. The summed E-state index contributed by atoms with van der Waals surface area (Å²) in [5.74, 6) is 0.0816. The Hall–Kier alpha value is -0.00610. The van der Waals surface area contributed by atoms with E-state index in [0.29, 0.717) is 5.56 Å². The van der Waals surface area contributed by atoms with Crippen LogP contribution in [0.2, 0.25) is 0 Å². The van der Waals surface area contributed by atoms with Crippen LogP contribution >= 0.6 is 0 Å². The minimum atomic E-state index is 0. The molecule has 0 aliphatic heterocycles. The minimum absolute atomic E-state index is 0. The Morgan fingerprint density at radius 1 is 1.50 bits per heavy atom. The third kappa shape index (κ3) is 3.60. The second-order valence-corrected chi connectivity index (χ2v) is 2.28. The van der Waals surface area contributed by atoms with Gasteiger partial charge in [-0.3, -0.25) is 0 Å². The van der Waals surface area contributed by atoms with Crippen LogP contribution in [0.3, 0.4) is 0 Å². The summed E-state index contributed by atoms with van der Waals surface area (Å²) in [5.41, 5.74) is 1.69. The van der Waals surface area contributed by atoms with Gasteiger partial charge < -0.3 is 12.2 Å². The number of rotatable bonds is 1. The Morgan fingerprint density at radius 2 is 2.08 bits per heavy atom. The second-order valence-electron chi connectivity index (χ2n) is 2.28. The summed E-state index contributed by atoms with van der Waals surface area (Å²) in [6, 6.07) is 8.43. The van der Waals surface area contributed by atoms with Crippen LogP contribution in [0.15, 0.2) is 18.2 Å². The first-order valence-electron chi connectivity index (χ1n) is 3.20. The molecule has 0 spiro atoms. The van der Waals surface area contributed by atoms with Crippen molar-refractivity contribution in [2.24, 2.45) is 0 Å². The first-order chi connectivity index (χ1) is 4.72. The standard InChI is InChI=1S/C9H9O.CH3.Y/c1-7-5-3-4-6-9(7)8(2)10;;/h3-5H,1-2H3;1H3;/q2*-1;. The molecule has 2 heteroatoms. The molecule has 12 heavy (non-hydrogen) atoms. The fourth-order valence-corrected chi connectivity index (χ4v) is 0.900. The summed E-state index contributed by atoms with van der Waals surface area (Å²) in [4.78, 5) is 10.8. The van der Waals surface area contributed by atoms with Gasteiger partial charge in [-0.05, 0) is 6.92 Å². The van der Waals surface area contributed by atoms with Crippen molar-refractivity contribution in [3.8, 4) is 0 Å². The number of carbonyl (C=O) groups excluding carboxylic acids is 1. The molecule has 1 rings (SSSR count). The van der Waals surface area contributed by atoms with E-state index >= 15 is 0 Å². The summed E-state index contributed by atoms with van der Waals surface area (Å²) in [5, 5.41) is 0. The summed E-state index contributed by atoms with van der Waals surface area (Å²) in [6.45, 7) is 3.46. The van der Waals surface area contributed by atoms with E-state index in [4.69, 9.17) is 0 Å². The van der Waals surface area contributed by atoms with Gasteiger partial charge in [-0.2, -0.15) is 0 Å². The molecule has 0 heterocycles. The van der Waals surface area contributed by atoms with Crippen LogP contribution in [0.4, 0.5) is 0 Å². The molecule has 0 aromatic heterocycles. The first-order valence-corrected chi connectivity index (χ1v) is 3.20. The van der Waals surface area contributed by atoms with Crippen LogP contribution < -0.4 is 0 Å². The van der Waals surface area contributed by atoms with Crippen molar-refractivity contribution in [3.63, 3.8) is 0 Å². The zero-order valence-electron chi connectivity index (χ0n) is 7.72. The molecule has 0 aliphatic carbocycles. The monoisotopic (exact) mass is 237 g/mol. The number of hydrogen-bond acceptors (Lipinski definition) is 1. The summed E-state index contributed by atoms with van der Waals surface area (Å²) in [7, 11) is 0. The Balaban J connectivity index is 0. The number of benzene rings is 1. The number of carbonyl (C=O) groups is 1. The summed E-state index contributed by atoms with van der Waals surface area (Å²) < 4.78 is 0. The normalized spacial score (nSPS) is 7.83. The van der Waals surface area contributed by atoms with E-state index in [0.717, 1.165) is 5.56 Å². The van der Waals surface area contributed by atoms with Gasteiger partial charge in [0.05, 0.1) is 5.78 Å². The van der Waals surface area contributed by atoms with Gasteiger partial charge in [-0.15, -0.1) is 35.4 Å². The molecule has 0 N–H and O–H groups in total. The van der Waals surface area contributed by atoms with E-state index in [2.05, 4.69) is 6.07 Å². The predicted molar refractivity (Wildman–Crippen MR) is 46.4 cm³/mol. The van der Waals surface area contributed by atoms with Crippen LogP contribution in [-0.2, 0) is 32.7 Å². The Morgan fingerprint density at radius 3 is 2.42 bits per heavy atom. The van der Waals surface area contributed by atoms with Crippen molar-refractivity contribution in [2.45, 2.75) is 13.8 Å². The quantitative estimate of drug-likeness (QED) is 0.541. The van der Waals surface area contributed by atoms with Gasteiger partial charge in [0.15, 0.2) is 0 Å². The topological polar surface area (TPSA) is 17.1 Å². The molecule has 1 nitrogen and oxygen atoms in total. The zero-order valence-corrected chi connectivity index (χ0v) is 10.6. The molecular weight excluding hydrogens is 225 g/mol. The van der Waals surface area contributed by atoms with Crippen molar-refractivity contribution in [3.05, 3.63) is 42.8 Å². The summed E-state index contributed by atoms with van der Waals surface area (Å²) >= 11 is 0. The van der Waals surface area contributed by atoms with Crippen molar-refractivity contribution >= 4 is 5.78 Å². The molecule has 0 bridgehead atoms. The van der Waals surface area contributed by atoms with Gasteiger partial charge in [-0.25, -0.2) is 0 Å². The molecule has 0 saturated heterocycles. The smallest absolute Gasteiger partial charge is 0.0758 e. The van der Waals surface area contributed by atoms with Gasteiger partial charge in [0.2, 0.25) is 0 Å². The molecule has 1 aromatic rings. The van der Waals surface area contributed by atoms with Crippen molar-refractivity contribution in [1.29, 1.82) is 0 Å². The molecule has 0 aliphatic rings. The molecular formula is C10H12OY-2. The molecule has 0 amide bonds. The molecule has 0 saturated carbocycles. The average Bonchev–Trinajstić information content (AvgIpc) is 1.88. The van der Waals surface area contributed by atoms with Gasteiger partial charge in [-0.1, -0.05) is 6.92 Å². The molecule has 1 aromatic carbocycles. The SMILES string of the molecule is CC(=O)c1[c-]cccc1C.[CH3-].[Y]. The van der Waals surface area contributed by atoms with Crippen molar-refractivity contribution < 1.29 is 37.5 Å². The fraction of sp³-hybridized carbons (Fsp3) is 0.200. The van der Waals surface area contributed by atoms with E-state index in [9.17, 15) is 4.79 Å². The third-order valence-electron chi connectivity index (χ3n) is 1.42. The van der Waals surface area contributed by atoms with Gasteiger partial charge in [0.1, 0.15) is 0 Å². The van der Waals surface area contributed by atoms with Crippen LogP contribution in [0.5, 0.6) is 0 Å². The molecule has 0 unspecified atom stereocenters.